The first kappa shape index (κ1) is 15.0. The Morgan fingerprint density at radius 3 is 2.80 bits per heavy atom. The van der Waals surface area contributed by atoms with Gasteiger partial charge in [0, 0.05) is 33.3 Å². The lowest BCUT2D eigenvalue weighted by atomic mass is 10.3. The van der Waals surface area contributed by atoms with Crippen LogP contribution in [0.25, 0.3) is 11.0 Å². The molecule has 0 amide bonds. The van der Waals surface area contributed by atoms with Gasteiger partial charge in [-0.2, -0.15) is 0 Å². The number of rotatable bonds is 8. The van der Waals surface area contributed by atoms with E-state index in [1.165, 1.54) is 5.52 Å². The van der Waals surface area contributed by atoms with E-state index in [0.717, 1.165) is 31.0 Å². The molecule has 5 heteroatoms. The lowest BCUT2D eigenvalue weighted by Gasteiger charge is -2.21. The minimum atomic E-state index is 0.174. The molecule has 110 valence electrons. The molecule has 0 fully saturated rings. The lowest BCUT2D eigenvalue weighted by molar-refractivity contribution is 0.128. The maximum Gasteiger partial charge on any atom is 0.106 e. The average molecular weight is 277 g/mol. The van der Waals surface area contributed by atoms with Crippen LogP contribution in [0.15, 0.2) is 24.3 Å². The Balaban J connectivity index is 2.05. The fraction of sp³-hybridized carbons (Fsp3) is 0.533. The number of aryl methyl sites for hydroxylation is 1. The van der Waals surface area contributed by atoms with Crippen molar-refractivity contribution in [2.24, 2.45) is 0 Å². The fourth-order valence-electron chi connectivity index (χ4n) is 2.42. The second kappa shape index (κ2) is 7.38. The molecule has 0 bridgehead atoms. The van der Waals surface area contributed by atoms with Gasteiger partial charge >= 0.3 is 0 Å². The van der Waals surface area contributed by atoms with E-state index in [1.807, 2.05) is 25.1 Å². The number of nitrogens with zero attached hydrogens (tertiary/aromatic N) is 3. The number of benzene rings is 1. The molecule has 2 rings (SSSR count). The van der Waals surface area contributed by atoms with E-state index < -0.39 is 0 Å². The SMILES string of the molecule is COCCN(CCO)CCn1c(C)nc2ccccc21. The minimum absolute atomic E-state index is 0.174. The molecule has 0 saturated heterocycles. The fourth-order valence-corrected chi connectivity index (χ4v) is 2.42. The Labute approximate surface area is 119 Å². The van der Waals surface area contributed by atoms with Crippen LogP contribution in [-0.2, 0) is 11.3 Å². The highest BCUT2D eigenvalue weighted by molar-refractivity contribution is 5.75. The first-order chi connectivity index (χ1) is 9.76. The predicted octanol–water partition coefficient (Wildman–Crippen LogP) is 1.29. The number of ether oxygens (including phenoxy) is 1. The Kier molecular flexibility index (Phi) is 5.52. The van der Waals surface area contributed by atoms with Crippen LogP contribution >= 0.6 is 0 Å². The van der Waals surface area contributed by atoms with Crippen molar-refractivity contribution in [2.45, 2.75) is 13.5 Å². The third-order valence-electron chi connectivity index (χ3n) is 3.51. The first-order valence-electron chi connectivity index (χ1n) is 7.00. The van der Waals surface area contributed by atoms with Crippen LogP contribution in [0, 0.1) is 6.92 Å². The Morgan fingerprint density at radius 2 is 2.05 bits per heavy atom. The van der Waals surface area contributed by atoms with Gasteiger partial charge in [0.15, 0.2) is 0 Å². The van der Waals surface area contributed by atoms with Crippen molar-refractivity contribution in [1.29, 1.82) is 0 Å². The van der Waals surface area contributed by atoms with Crippen LogP contribution in [0.5, 0.6) is 0 Å². The van der Waals surface area contributed by atoms with Crippen molar-refractivity contribution in [1.82, 2.24) is 14.5 Å². The third-order valence-corrected chi connectivity index (χ3v) is 3.51. The van der Waals surface area contributed by atoms with E-state index in [1.54, 1.807) is 7.11 Å². The minimum Gasteiger partial charge on any atom is -0.395 e. The summed E-state index contributed by atoms with van der Waals surface area (Å²) < 4.78 is 7.34. The quantitative estimate of drug-likeness (QED) is 0.790. The molecule has 0 spiro atoms. The molecule has 2 aromatic rings. The number of hydrogen-bond donors (Lipinski definition) is 1. The van der Waals surface area contributed by atoms with Crippen molar-refractivity contribution < 1.29 is 9.84 Å². The normalized spacial score (nSPS) is 11.6. The van der Waals surface area contributed by atoms with Gasteiger partial charge in [-0.15, -0.1) is 0 Å². The summed E-state index contributed by atoms with van der Waals surface area (Å²) >= 11 is 0. The summed E-state index contributed by atoms with van der Waals surface area (Å²) in [5.74, 6) is 1.03. The summed E-state index contributed by atoms with van der Waals surface area (Å²) in [4.78, 5) is 6.78. The second-order valence-electron chi connectivity index (χ2n) is 4.86. The molecule has 1 aromatic heterocycles. The van der Waals surface area contributed by atoms with Crippen molar-refractivity contribution >= 4 is 11.0 Å². The van der Waals surface area contributed by atoms with Gasteiger partial charge in [0.1, 0.15) is 5.82 Å². The van der Waals surface area contributed by atoms with Crippen molar-refractivity contribution in [3.63, 3.8) is 0 Å². The van der Waals surface area contributed by atoms with Gasteiger partial charge in [-0.3, -0.25) is 4.90 Å². The van der Waals surface area contributed by atoms with Crippen LogP contribution in [0.1, 0.15) is 5.82 Å². The van der Waals surface area contributed by atoms with Crippen molar-refractivity contribution in [3.05, 3.63) is 30.1 Å². The summed E-state index contributed by atoms with van der Waals surface area (Å²) in [6, 6.07) is 8.18. The largest absolute Gasteiger partial charge is 0.395 e. The van der Waals surface area contributed by atoms with Crippen LogP contribution in [0.2, 0.25) is 0 Å². The highest BCUT2D eigenvalue weighted by Gasteiger charge is 2.09. The van der Waals surface area contributed by atoms with E-state index >= 15 is 0 Å². The third kappa shape index (κ3) is 3.56. The van der Waals surface area contributed by atoms with Gasteiger partial charge in [0.2, 0.25) is 0 Å². The van der Waals surface area contributed by atoms with Crippen molar-refractivity contribution in [2.75, 3.05) is 40.0 Å². The highest BCUT2D eigenvalue weighted by atomic mass is 16.5. The number of methoxy groups -OCH3 is 1. The highest BCUT2D eigenvalue weighted by Crippen LogP contribution is 2.15. The molecule has 0 aliphatic rings. The summed E-state index contributed by atoms with van der Waals surface area (Å²) in [5.41, 5.74) is 2.20. The number of aromatic nitrogens is 2. The molecule has 1 heterocycles. The maximum absolute atomic E-state index is 9.12. The smallest absolute Gasteiger partial charge is 0.106 e. The number of aliphatic hydroxyl groups excluding tert-OH is 1. The topological polar surface area (TPSA) is 50.5 Å². The zero-order valence-electron chi connectivity index (χ0n) is 12.2. The van der Waals surface area contributed by atoms with Gasteiger partial charge in [-0.1, -0.05) is 12.1 Å². The summed E-state index contributed by atoms with van der Waals surface area (Å²) in [7, 11) is 1.70. The molecule has 5 nitrogen and oxygen atoms in total. The lowest BCUT2D eigenvalue weighted by Crippen LogP contribution is -2.33. The monoisotopic (exact) mass is 277 g/mol. The predicted molar refractivity (Wildman–Crippen MR) is 79.9 cm³/mol. The zero-order valence-corrected chi connectivity index (χ0v) is 12.2. The number of fused-ring (bicyclic) bond motifs is 1. The van der Waals surface area contributed by atoms with Gasteiger partial charge in [0.25, 0.3) is 0 Å². The number of imidazole rings is 1. The van der Waals surface area contributed by atoms with E-state index in [0.29, 0.717) is 13.2 Å². The number of para-hydroxylation sites is 2. The Bertz CT molecular complexity index is 539. The summed E-state index contributed by atoms with van der Waals surface area (Å²) in [6.07, 6.45) is 0. The summed E-state index contributed by atoms with van der Waals surface area (Å²) in [6.45, 7) is 6.15. The van der Waals surface area contributed by atoms with E-state index in [-0.39, 0.29) is 6.61 Å². The van der Waals surface area contributed by atoms with Crippen LogP contribution in [0.4, 0.5) is 0 Å². The van der Waals surface area contributed by atoms with Gasteiger partial charge in [-0.05, 0) is 19.1 Å². The van der Waals surface area contributed by atoms with E-state index in [2.05, 4.69) is 20.5 Å². The molecular weight excluding hydrogens is 254 g/mol. The van der Waals surface area contributed by atoms with E-state index in [4.69, 9.17) is 9.84 Å². The molecule has 0 aliphatic heterocycles. The van der Waals surface area contributed by atoms with Crippen LogP contribution in [0.3, 0.4) is 0 Å². The molecule has 0 aliphatic carbocycles. The van der Waals surface area contributed by atoms with Crippen LogP contribution < -0.4 is 0 Å². The Morgan fingerprint density at radius 1 is 1.25 bits per heavy atom. The second-order valence-corrected chi connectivity index (χ2v) is 4.86. The van der Waals surface area contributed by atoms with E-state index in [9.17, 15) is 0 Å². The van der Waals surface area contributed by atoms with Crippen molar-refractivity contribution in [3.8, 4) is 0 Å². The molecule has 0 atom stereocenters. The summed E-state index contributed by atoms with van der Waals surface area (Å²) in [5, 5.41) is 9.12. The molecule has 0 radical (unpaired) electrons. The number of aliphatic hydroxyl groups is 1. The van der Waals surface area contributed by atoms with Gasteiger partial charge in [-0.25, -0.2) is 4.98 Å². The van der Waals surface area contributed by atoms with Gasteiger partial charge in [0.05, 0.1) is 24.2 Å². The standard InChI is InChI=1S/C15H23N3O2/c1-13-16-14-5-3-4-6-15(14)18(13)8-7-17(9-11-19)10-12-20-2/h3-6,19H,7-12H2,1-2H3. The molecular formula is C15H23N3O2. The zero-order chi connectivity index (χ0) is 14.4. The Hall–Kier alpha value is -1.43. The first-order valence-corrected chi connectivity index (χ1v) is 7.00. The van der Waals surface area contributed by atoms with Gasteiger partial charge < -0.3 is 14.4 Å². The maximum atomic E-state index is 9.12. The molecule has 1 N–H and O–H groups in total. The molecule has 0 unspecified atom stereocenters. The average Bonchev–Trinajstić information content (AvgIpc) is 2.77. The molecule has 0 saturated carbocycles. The molecule has 20 heavy (non-hydrogen) atoms. The number of hydrogen-bond acceptors (Lipinski definition) is 4. The molecule has 1 aromatic carbocycles. The van der Waals surface area contributed by atoms with Crippen LogP contribution in [-0.4, -0.2) is 59.5 Å².